The number of aryl methyl sites for hydroxylation is 1. The van der Waals surface area contributed by atoms with Crippen molar-refractivity contribution in [2.75, 3.05) is 6.54 Å². The van der Waals surface area contributed by atoms with Crippen LogP contribution in [0.5, 0.6) is 0 Å². The summed E-state index contributed by atoms with van der Waals surface area (Å²) in [5, 5.41) is 5.40. The highest BCUT2D eigenvalue weighted by atomic mass is 79.9. The topological polar surface area (TPSA) is 50.7 Å². The minimum absolute atomic E-state index is 0.00245. The number of amides is 1. The van der Waals surface area contributed by atoms with Crippen molar-refractivity contribution in [3.05, 3.63) is 69.2 Å². The van der Waals surface area contributed by atoms with Crippen LogP contribution in [0.25, 0.3) is 0 Å². The van der Waals surface area contributed by atoms with E-state index in [0.29, 0.717) is 4.47 Å². The summed E-state index contributed by atoms with van der Waals surface area (Å²) in [5.74, 6) is -0.940. The Hall–Kier alpha value is -2.56. The Morgan fingerprint density at radius 3 is 2.45 bits per heavy atom. The molecule has 0 fully saturated rings. The van der Waals surface area contributed by atoms with Gasteiger partial charge in [-0.05, 0) is 42.3 Å². The average Bonchev–Trinajstić information content (AvgIpc) is 3.12. The monoisotopic (exact) mass is 508 g/mol. The Labute approximate surface area is 181 Å². The average molecular weight is 509 g/mol. The van der Waals surface area contributed by atoms with Gasteiger partial charge in [0.25, 0.3) is 11.5 Å². The van der Waals surface area contributed by atoms with E-state index in [4.69, 9.17) is 4.84 Å². The van der Waals surface area contributed by atoms with E-state index in [9.17, 15) is 31.1 Å². The highest BCUT2D eigenvalue weighted by Crippen LogP contribution is 2.49. The third-order valence-electron chi connectivity index (χ3n) is 4.73. The van der Waals surface area contributed by atoms with Crippen LogP contribution in [0, 0.1) is 6.92 Å². The van der Waals surface area contributed by atoms with Crippen molar-refractivity contribution in [1.29, 1.82) is 0 Å². The lowest BCUT2D eigenvalue weighted by atomic mass is 9.86. The van der Waals surface area contributed by atoms with E-state index >= 15 is 0 Å². The van der Waals surface area contributed by atoms with Crippen LogP contribution in [-0.4, -0.2) is 30.5 Å². The first kappa shape index (κ1) is 23.1. The minimum Gasteiger partial charge on any atom is -0.374 e. The fourth-order valence-corrected chi connectivity index (χ4v) is 3.57. The van der Waals surface area contributed by atoms with Gasteiger partial charge >= 0.3 is 12.4 Å². The molecule has 31 heavy (non-hydrogen) atoms. The second-order valence-electron chi connectivity index (χ2n) is 6.97. The van der Waals surface area contributed by atoms with Crippen LogP contribution in [0.4, 0.5) is 26.3 Å². The fraction of sp³-hybridized carbons (Fsp3) is 0.300. The van der Waals surface area contributed by atoms with E-state index in [1.54, 1.807) is 11.4 Å². The van der Waals surface area contributed by atoms with E-state index in [1.165, 1.54) is 43.3 Å². The quantitative estimate of drug-likeness (QED) is 0.544. The van der Waals surface area contributed by atoms with Gasteiger partial charge in [0.15, 0.2) is 0 Å². The van der Waals surface area contributed by atoms with Gasteiger partial charge in [-0.2, -0.15) is 26.3 Å². The molecule has 1 aliphatic rings. The van der Waals surface area contributed by atoms with Crippen LogP contribution in [0.3, 0.4) is 0 Å². The lowest BCUT2D eigenvalue weighted by molar-refractivity contribution is -0.275. The molecule has 166 valence electrons. The lowest BCUT2D eigenvalue weighted by Gasteiger charge is -2.29. The molecular formula is C20H15BrF6N2O2. The molecule has 0 radical (unpaired) electrons. The number of rotatable bonds is 4. The summed E-state index contributed by atoms with van der Waals surface area (Å²) in [5.41, 5.74) is -2.28. The van der Waals surface area contributed by atoms with Crippen molar-refractivity contribution in [3.63, 3.8) is 0 Å². The summed E-state index contributed by atoms with van der Waals surface area (Å²) in [6.07, 6.45) is -9.94. The first-order valence-corrected chi connectivity index (χ1v) is 9.65. The normalized spacial score (nSPS) is 19.0. The van der Waals surface area contributed by atoms with Gasteiger partial charge in [0.1, 0.15) is 6.54 Å². The van der Waals surface area contributed by atoms with Crippen LogP contribution >= 0.6 is 15.9 Å². The first-order valence-electron chi connectivity index (χ1n) is 8.86. The van der Waals surface area contributed by atoms with E-state index in [-0.39, 0.29) is 28.0 Å². The highest BCUT2D eigenvalue weighted by Gasteiger charge is 2.62. The van der Waals surface area contributed by atoms with Crippen molar-refractivity contribution in [2.45, 2.75) is 31.3 Å². The lowest BCUT2D eigenvalue weighted by Crippen LogP contribution is -2.42. The van der Waals surface area contributed by atoms with Crippen LogP contribution < -0.4 is 5.32 Å². The molecule has 1 atom stereocenters. The Balaban J connectivity index is 1.86. The Morgan fingerprint density at radius 1 is 1.16 bits per heavy atom. The Kier molecular flexibility index (Phi) is 6.09. The van der Waals surface area contributed by atoms with Crippen molar-refractivity contribution < 1.29 is 36.0 Å². The zero-order valence-electron chi connectivity index (χ0n) is 15.9. The number of hydrogen-bond acceptors (Lipinski definition) is 3. The van der Waals surface area contributed by atoms with Gasteiger partial charge in [0, 0.05) is 22.0 Å². The Morgan fingerprint density at radius 2 is 1.87 bits per heavy atom. The molecule has 1 heterocycles. The Bertz CT molecular complexity index is 1040. The molecule has 1 aliphatic heterocycles. The van der Waals surface area contributed by atoms with Gasteiger partial charge in [-0.1, -0.05) is 39.3 Å². The zero-order chi connectivity index (χ0) is 23.0. The molecule has 2 aromatic rings. The molecule has 1 unspecified atom stereocenters. The van der Waals surface area contributed by atoms with E-state index in [2.05, 4.69) is 21.1 Å². The maximum atomic E-state index is 14.0. The van der Waals surface area contributed by atoms with E-state index in [1.807, 2.05) is 0 Å². The summed E-state index contributed by atoms with van der Waals surface area (Å²) >= 11 is 3.15. The summed E-state index contributed by atoms with van der Waals surface area (Å²) in [7, 11) is 0. The molecule has 4 nitrogen and oxygen atoms in total. The predicted octanol–water partition coefficient (Wildman–Crippen LogP) is 5.63. The van der Waals surface area contributed by atoms with Gasteiger partial charge in [-0.15, -0.1) is 0 Å². The van der Waals surface area contributed by atoms with Crippen LogP contribution in [0.1, 0.15) is 33.5 Å². The first-order chi connectivity index (χ1) is 14.3. The number of carbonyl (C=O) groups excluding carboxylic acids is 1. The molecule has 0 bridgehead atoms. The van der Waals surface area contributed by atoms with Gasteiger partial charge in [-0.3, -0.25) is 4.79 Å². The largest absolute Gasteiger partial charge is 0.435 e. The van der Waals surface area contributed by atoms with Crippen molar-refractivity contribution in [2.24, 2.45) is 5.16 Å². The molecule has 3 rings (SSSR count). The minimum atomic E-state index is -4.77. The summed E-state index contributed by atoms with van der Waals surface area (Å²) in [6, 6.07) is 9.57. The zero-order valence-corrected chi connectivity index (χ0v) is 17.5. The van der Waals surface area contributed by atoms with Crippen LogP contribution in [-0.2, 0) is 10.4 Å². The number of oxime groups is 1. The summed E-state index contributed by atoms with van der Waals surface area (Å²) in [6.45, 7) is -0.0258. The molecule has 0 aromatic heterocycles. The predicted molar refractivity (Wildman–Crippen MR) is 104 cm³/mol. The molecule has 0 saturated carbocycles. The third kappa shape index (κ3) is 4.86. The second-order valence-corrected chi connectivity index (χ2v) is 7.88. The molecular weight excluding hydrogens is 494 g/mol. The summed E-state index contributed by atoms with van der Waals surface area (Å²) in [4.78, 5) is 16.9. The van der Waals surface area contributed by atoms with Crippen molar-refractivity contribution in [1.82, 2.24) is 5.32 Å². The van der Waals surface area contributed by atoms with E-state index in [0.717, 1.165) is 0 Å². The molecule has 1 amide bonds. The number of hydrogen-bond donors (Lipinski definition) is 1. The standard InChI is InChI=1S/C20H15BrF6N2O2/c1-11-7-12(5-6-15(11)17(30)28-10-19(22,23)24)16-9-18(31-29-16,20(25,26)27)13-3-2-4-14(21)8-13/h2-8H,9-10H2,1H3,(H,28,30). The number of benzene rings is 2. The van der Waals surface area contributed by atoms with Crippen molar-refractivity contribution in [3.8, 4) is 0 Å². The van der Waals surface area contributed by atoms with Gasteiger partial charge in [0.05, 0.1) is 5.71 Å². The molecule has 0 spiro atoms. The second kappa shape index (κ2) is 8.18. The maximum Gasteiger partial charge on any atom is 0.435 e. The van der Waals surface area contributed by atoms with Gasteiger partial charge < -0.3 is 10.2 Å². The molecule has 0 aliphatic carbocycles. The number of alkyl halides is 6. The summed E-state index contributed by atoms with van der Waals surface area (Å²) < 4.78 is 79.3. The van der Waals surface area contributed by atoms with Gasteiger partial charge in [0.2, 0.25) is 0 Å². The van der Waals surface area contributed by atoms with Crippen molar-refractivity contribution >= 4 is 27.5 Å². The fourth-order valence-electron chi connectivity index (χ4n) is 3.17. The molecule has 2 aromatic carbocycles. The molecule has 0 saturated heterocycles. The van der Waals surface area contributed by atoms with Crippen LogP contribution in [0.2, 0.25) is 0 Å². The number of carbonyl (C=O) groups is 1. The smallest absolute Gasteiger partial charge is 0.374 e. The third-order valence-corrected chi connectivity index (χ3v) is 5.22. The number of halogens is 7. The van der Waals surface area contributed by atoms with Crippen LogP contribution in [0.15, 0.2) is 52.1 Å². The number of nitrogens with zero attached hydrogens (tertiary/aromatic N) is 1. The van der Waals surface area contributed by atoms with E-state index < -0.39 is 36.8 Å². The SMILES string of the molecule is Cc1cc(C2=NOC(c3cccc(Br)c3)(C(F)(F)F)C2)ccc1C(=O)NCC(F)(F)F. The maximum absolute atomic E-state index is 14.0. The number of nitrogens with one attached hydrogen (secondary N) is 1. The molecule has 11 heteroatoms. The highest BCUT2D eigenvalue weighted by molar-refractivity contribution is 9.10. The van der Waals surface area contributed by atoms with Gasteiger partial charge in [-0.25, -0.2) is 0 Å². The molecule has 1 N–H and O–H groups in total.